The topological polar surface area (TPSA) is 75.8 Å². The lowest BCUT2D eigenvalue weighted by molar-refractivity contribution is -0.133. The van der Waals surface area contributed by atoms with Gasteiger partial charge in [-0.05, 0) is 18.4 Å². The quantitative estimate of drug-likeness (QED) is 0.609. The van der Waals surface area contributed by atoms with Gasteiger partial charge in [0, 0.05) is 20.7 Å². The van der Waals surface area contributed by atoms with E-state index in [0.29, 0.717) is 6.42 Å². The van der Waals surface area contributed by atoms with Crippen LogP contribution in [0.1, 0.15) is 6.42 Å². The molecule has 0 aromatic rings. The first-order valence-corrected chi connectivity index (χ1v) is 6.58. The lowest BCUT2D eigenvalue weighted by Crippen LogP contribution is -2.45. The highest BCUT2D eigenvalue weighted by atomic mass is 32.2. The fourth-order valence-electron chi connectivity index (χ4n) is 1.30. The van der Waals surface area contributed by atoms with Gasteiger partial charge < -0.3 is 20.5 Å². The molecule has 0 bridgehead atoms. The molecule has 0 aliphatic heterocycles. The smallest absolute Gasteiger partial charge is 0.239 e. The minimum absolute atomic E-state index is 0.135. The molecule has 96 valence electrons. The first kappa shape index (κ1) is 15.7. The molecule has 1 amide bonds. The number of hydrogen-bond donors (Lipinski definition) is 2. The third-order valence-corrected chi connectivity index (χ3v) is 2.81. The standard InChI is InChI=1S/C10H22N2O3S/c1-12(6-8(13)7-15-2)10(14)9(11)4-5-16-3/h8-9,13H,4-7,11H2,1-3H3/t8?,9-/m0/s1. The van der Waals surface area contributed by atoms with Crippen LogP contribution in [0, 0.1) is 0 Å². The number of nitrogens with zero attached hydrogens (tertiary/aromatic N) is 1. The van der Waals surface area contributed by atoms with E-state index in [-0.39, 0.29) is 19.1 Å². The van der Waals surface area contributed by atoms with Gasteiger partial charge in [0.2, 0.25) is 5.91 Å². The van der Waals surface area contributed by atoms with E-state index in [4.69, 9.17) is 10.5 Å². The fraction of sp³-hybridized carbons (Fsp3) is 0.900. The van der Waals surface area contributed by atoms with Crippen LogP contribution in [0.2, 0.25) is 0 Å². The number of aliphatic hydroxyl groups is 1. The fourth-order valence-corrected chi connectivity index (χ4v) is 1.79. The molecule has 0 aromatic carbocycles. The van der Waals surface area contributed by atoms with Crippen molar-refractivity contribution in [3.8, 4) is 0 Å². The lowest BCUT2D eigenvalue weighted by atomic mass is 10.2. The van der Waals surface area contributed by atoms with Crippen molar-refractivity contribution in [1.29, 1.82) is 0 Å². The average molecular weight is 250 g/mol. The number of likely N-dealkylation sites (N-methyl/N-ethyl adjacent to an activating group) is 1. The highest BCUT2D eigenvalue weighted by molar-refractivity contribution is 7.98. The number of carbonyl (C=O) groups excluding carboxylic acids is 1. The number of nitrogens with two attached hydrogens (primary N) is 1. The van der Waals surface area contributed by atoms with Crippen LogP contribution in [0.4, 0.5) is 0 Å². The van der Waals surface area contributed by atoms with Crippen molar-refractivity contribution >= 4 is 17.7 Å². The van der Waals surface area contributed by atoms with Gasteiger partial charge in [0.25, 0.3) is 0 Å². The van der Waals surface area contributed by atoms with E-state index in [1.165, 1.54) is 12.0 Å². The summed E-state index contributed by atoms with van der Waals surface area (Å²) >= 11 is 1.66. The van der Waals surface area contributed by atoms with E-state index in [1.807, 2.05) is 6.26 Å². The predicted molar refractivity (Wildman–Crippen MR) is 66.5 cm³/mol. The molecule has 0 heterocycles. The van der Waals surface area contributed by atoms with Crippen molar-refractivity contribution in [2.75, 3.05) is 39.3 Å². The summed E-state index contributed by atoms with van der Waals surface area (Å²) in [6.07, 6.45) is 1.97. The zero-order valence-electron chi connectivity index (χ0n) is 10.2. The van der Waals surface area contributed by atoms with Crippen LogP contribution in [0.15, 0.2) is 0 Å². The Hall–Kier alpha value is -0.300. The minimum Gasteiger partial charge on any atom is -0.389 e. The number of aliphatic hydroxyl groups excluding tert-OH is 1. The maximum atomic E-state index is 11.7. The van der Waals surface area contributed by atoms with Crippen molar-refractivity contribution < 1.29 is 14.6 Å². The van der Waals surface area contributed by atoms with Gasteiger partial charge >= 0.3 is 0 Å². The molecule has 0 aliphatic carbocycles. The van der Waals surface area contributed by atoms with Gasteiger partial charge in [-0.2, -0.15) is 11.8 Å². The Balaban J connectivity index is 3.96. The summed E-state index contributed by atoms with van der Waals surface area (Å²) in [5.41, 5.74) is 5.74. The van der Waals surface area contributed by atoms with E-state index in [1.54, 1.807) is 18.8 Å². The van der Waals surface area contributed by atoms with Gasteiger partial charge in [0.15, 0.2) is 0 Å². The van der Waals surface area contributed by atoms with Crippen LogP contribution in [-0.4, -0.2) is 67.4 Å². The van der Waals surface area contributed by atoms with Crippen molar-refractivity contribution in [3.63, 3.8) is 0 Å². The first-order valence-electron chi connectivity index (χ1n) is 5.19. The van der Waals surface area contributed by atoms with Gasteiger partial charge in [-0.15, -0.1) is 0 Å². The highest BCUT2D eigenvalue weighted by Gasteiger charge is 2.19. The number of amides is 1. The Morgan fingerprint density at radius 1 is 1.62 bits per heavy atom. The average Bonchev–Trinajstić information content (AvgIpc) is 2.24. The summed E-state index contributed by atoms with van der Waals surface area (Å²) in [6.45, 7) is 0.470. The van der Waals surface area contributed by atoms with Crippen LogP contribution in [0.3, 0.4) is 0 Å². The second kappa shape index (κ2) is 8.81. The molecule has 3 N–H and O–H groups in total. The van der Waals surface area contributed by atoms with Crippen LogP contribution >= 0.6 is 11.8 Å². The molecule has 16 heavy (non-hydrogen) atoms. The normalized spacial score (nSPS) is 14.6. The SMILES string of the molecule is COCC(O)CN(C)C(=O)[C@@H](N)CCSC. The van der Waals surface area contributed by atoms with E-state index in [0.717, 1.165) is 5.75 Å². The van der Waals surface area contributed by atoms with Crippen molar-refractivity contribution in [3.05, 3.63) is 0 Å². The third-order valence-electron chi connectivity index (χ3n) is 2.17. The van der Waals surface area contributed by atoms with Crippen molar-refractivity contribution in [1.82, 2.24) is 4.90 Å². The Morgan fingerprint density at radius 2 is 2.25 bits per heavy atom. The monoisotopic (exact) mass is 250 g/mol. The number of methoxy groups -OCH3 is 1. The van der Waals surface area contributed by atoms with Crippen LogP contribution < -0.4 is 5.73 Å². The maximum Gasteiger partial charge on any atom is 0.239 e. The first-order chi connectivity index (χ1) is 7.52. The number of hydrogen-bond acceptors (Lipinski definition) is 5. The largest absolute Gasteiger partial charge is 0.389 e. The summed E-state index contributed by atoms with van der Waals surface area (Å²) in [5.74, 6) is 0.727. The molecule has 0 saturated carbocycles. The number of ether oxygens (including phenoxy) is 1. The van der Waals surface area contributed by atoms with E-state index < -0.39 is 12.1 Å². The van der Waals surface area contributed by atoms with E-state index in [2.05, 4.69) is 0 Å². The molecule has 0 aromatic heterocycles. The Bertz CT molecular complexity index is 205. The molecule has 0 fully saturated rings. The minimum atomic E-state index is -0.660. The molecule has 1 unspecified atom stereocenters. The summed E-state index contributed by atoms with van der Waals surface area (Å²) in [5, 5.41) is 9.46. The second-order valence-electron chi connectivity index (χ2n) is 3.72. The molecular weight excluding hydrogens is 228 g/mol. The maximum absolute atomic E-state index is 11.7. The highest BCUT2D eigenvalue weighted by Crippen LogP contribution is 2.02. The number of carbonyl (C=O) groups is 1. The summed E-state index contributed by atoms with van der Waals surface area (Å²) < 4.78 is 4.79. The van der Waals surface area contributed by atoms with Gasteiger partial charge in [-0.1, -0.05) is 0 Å². The molecule has 0 aliphatic rings. The molecule has 0 saturated heterocycles. The summed E-state index contributed by atoms with van der Waals surface area (Å²) in [6, 6.07) is -0.479. The molecule has 0 rings (SSSR count). The van der Waals surface area contributed by atoms with Crippen LogP contribution in [0.5, 0.6) is 0 Å². The Morgan fingerprint density at radius 3 is 2.75 bits per heavy atom. The molecule has 6 heteroatoms. The molecule has 0 spiro atoms. The summed E-state index contributed by atoms with van der Waals surface area (Å²) in [4.78, 5) is 13.2. The second-order valence-corrected chi connectivity index (χ2v) is 4.70. The summed E-state index contributed by atoms with van der Waals surface area (Å²) in [7, 11) is 3.15. The molecular formula is C10H22N2O3S. The number of rotatable bonds is 8. The predicted octanol–water partition coefficient (Wildman–Crippen LogP) is -0.467. The third kappa shape index (κ3) is 6.32. The zero-order chi connectivity index (χ0) is 12.6. The van der Waals surface area contributed by atoms with Crippen molar-refractivity contribution in [2.24, 2.45) is 5.73 Å². The van der Waals surface area contributed by atoms with Gasteiger partial charge in [0.1, 0.15) is 0 Å². The molecule has 0 radical (unpaired) electrons. The van der Waals surface area contributed by atoms with Crippen molar-refractivity contribution in [2.45, 2.75) is 18.6 Å². The van der Waals surface area contributed by atoms with Crippen LogP contribution in [0.25, 0.3) is 0 Å². The van der Waals surface area contributed by atoms with E-state index >= 15 is 0 Å². The lowest BCUT2D eigenvalue weighted by Gasteiger charge is -2.23. The molecule has 5 nitrogen and oxygen atoms in total. The Kier molecular flexibility index (Phi) is 8.64. The van der Waals surface area contributed by atoms with E-state index in [9.17, 15) is 9.90 Å². The Labute approximate surface area is 101 Å². The van der Waals surface area contributed by atoms with Gasteiger partial charge in [-0.3, -0.25) is 4.79 Å². The molecule has 2 atom stereocenters. The van der Waals surface area contributed by atoms with Gasteiger partial charge in [-0.25, -0.2) is 0 Å². The van der Waals surface area contributed by atoms with Gasteiger partial charge in [0.05, 0.1) is 18.8 Å². The van der Waals surface area contributed by atoms with Crippen LogP contribution in [-0.2, 0) is 9.53 Å². The zero-order valence-corrected chi connectivity index (χ0v) is 11.0. The number of thioether (sulfide) groups is 1.